The summed E-state index contributed by atoms with van der Waals surface area (Å²) in [5, 5.41) is 17.6. The molecule has 0 saturated carbocycles. The fraction of sp³-hybridized carbons (Fsp3) is 0.364. The van der Waals surface area contributed by atoms with Crippen LogP contribution < -0.4 is 5.32 Å². The molecular weight excluding hydrogens is 418 g/mol. The molecule has 3 heterocycles. The molecule has 1 atom stereocenters. The molecule has 2 N–H and O–H groups in total. The van der Waals surface area contributed by atoms with Crippen molar-refractivity contribution in [2.45, 2.75) is 38.8 Å². The van der Waals surface area contributed by atoms with Gasteiger partial charge in [-0.25, -0.2) is 18.7 Å². The fourth-order valence-electron chi connectivity index (χ4n) is 3.74. The minimum Gasteiger partial charge on any atom is -0.389 e. The van der Waals surface area contributed by atoms with Crippen LogP contribution in [0.3, 0.4) is 0 Å². The minimum atomic E-state index is -2.67. The Kier molecular flexibility index (Phi) is 6.40. The number of aliphatic hydroxyl groups is 1. The summed E-state index contributed by atoms with van der Waals surface area (Å²) in [6.07, 6.45) is 2.80. The lowest BCUT2D eigenvalue weighted by Gasteiger charge is -2.19. The van der Waals surface area contributed by atoms with Gasteiger partial charge >= 0.3 is 0 Å². The Bertz CT molecular complexity index is 1100. The number of halogens is 2. The molecule has 0 aliphatic carbocycles. The second kappa shape index (κ2) is 9.39. The molecular formula is C22H24F2N6O2. The first-order valence-corrected chi connectivity index (χ1v) is 10.4. The van der Waals surface area contributed by atoms with Crippen molar-refractivity contribution in [2.24, 2.45) is 0 Å². The van der Waals surface area contributed by atoms with Crippen LogP contribution in [0.5, 0.6) is 0 Å². The second-order valence-electron chi connectivity index (χ2n) is 7.87. The summed E-state index contributed by atoms with van der Waals surface area (Å²) in [6.45, 7) is 3.18. The van der Waals surface area contributed by atoms with E-state index in [4.69, 9.17) is 0 Å². The fourth-order valence-corrected chi connectivity index (χ4v) is 3.74. The topological polar surface area (TPSA) is 96.2 Å². The largest absolute Gasteiger partial charge is 0.389 e. The average molecular weight is 442 g/mol. The van der Waals surface area contributed by atoms with E-state index >= 15 is 0 Å². The van der Waals surface area contributed by atoms with Crippen LogP contribution in [0.15, 0.2) is 42.9 Å². The van der Waals surface area contributed by atoms with Crippen molar-refractivity contribution in [2.75, 3.05) is 18.4 Å². The smallest absolute Gasteiger partial charge is 0.280 e. The van der Waals surface area contributed by atoms with E-state index in [0.717, 1.165) is 23.1 Å². The molecule has 32 heavy (non-hydrogen) atoms. The highest BCUT2D eigenvalue weighted by molar-refractivity contribution is 5.78. The molecule has 4 rings (SSSR count). The molecule has 168 valence electrons. The third-order valence-corrected chi connectivity index (χ3v) is 5.20. The van der Waals surface area contributed by atoms with Gasteiger partial charge in [-0.2, -0.15) is 5.10 Å². The maximum absolute atomic E-state index is 12.9. The summed E-state index contributed by atoms with van der Waals surface area (Å²) in [5.74, 6) is 0.169. The normalized spacial score (nSPS) is 14.9. The highest BCUT2D eigenvalue weighted by atomic mass is 19.3. The molecule has 1 unspecified atom stereocenters. The molecule has 1 fully saturated rings. The molecule has 3 aromatic rings. The number of carbonyl (C=O) groups excluding carboxylic acids is 1. The summed E-state index contributed by atoms with van der Waals surface area (Å²) in [4.78, 5) is 21.3. The Morgan fingerprint density at radius 3 is 2.81 bits per heavy atom. The van der Waals surface area contributed by atoms with E-state index < -0.39 is 12.5 Å². The Balaban J connectivity index is 1.46. The number of aryl methyl sites for hydroxylation is 1. The predicted molar refractivity (Wildman–Crippen MR) is 114 cm³/mol. The van der Waals surface area contributed by atoms with Crippen molar-refractivity contribution in [3.63, 3.8) is 0 Å². The summed E-state index contributed by atoms with van der Waals surface area (Å²) in [5.41, 5.74) is 2.98. The first-order chi connectivity index (χ1) is 15.4. The zero-order valence-electron chi connectivity index (χ0n) is 17.6. The van der Waals surface area contributed by atoms with Gasteiger partial charge in [0.15, 0.2) is 0 Å². The number of aliphatic hydroxyl groups excluding tert-OH is 1. The number of anilines is 2. The summed E-state index contributed by atoms with van der Waals surface area (Å²) in [6, 6.07) is 6.87. The van der Waals surface area contributed by atoms with Crippen molar-refractivity contribution >= 4 is 17.5 Å². The van der Waals surface area contributed by atoms with Gasteiger partial charge in [0.2, 0.25) is 11.9 Å². The van der Waals surface area contributed by atoms with Gasteiger partial charge in [-0.15, -0.1) is 0 Å². The number of nitrogens with zero attached hydrogens (tertiary/aromatic N) is 5. The number of nitrogens with one attached hydrogen (secondary N) is 1. The quantitative estimate of drug-likeness (QED) is 0.556. The highest BCUT2D eigenvalue weighted by Crippen LogP contribution is 2.26. The molecule has 0 spiro atoms. The van der Waals surface area contributed by atoms with Crippen LogP contribution in [-0.2, 0) is 11.3 Å². The van der Waals surface area contributed by atoms with Crippen molar-refractivity contribution in [3.8, 4) is 11.1 Å². The number of alkyl halides is 2. The summed E-state index contributed by atoms with van der Waals surface area (Å²) < 4.78 is 27.4. The number of likely N-dealkylation sites (tertiary alicyclic amines) is 1. The molecule has 1 saturated heterocycles. The zero-order chi connectivity index (χ0) is 22.7. The lowest BCUT2D eigenvalue weighted by molar-refractivity contribution is -0.129. The van der Waals surface area contributed by atoms with E-state index in [1.165, 1.54) is 12.3 Å². The van der Waals surface area contributed by atoms with Crippen molar-refractivity contribution in [1.82, 2.24) is 24.6 Å². The van der Waals surface area contributed by atoms with Crippen molar-refractivity contribution in [3.05, 3.63) is 54.1 Å². The van der Waals surface area contributed by atoms with E-state index in [1.807, 2.05) is 31.3 Å². The van der Waals surface area contributed by atoms with Gasteiger partial charge < -0.3 is 15.3 Å². The number of benzene rings is 1. The number of hydrogen-bond donors (Lipinski definition) is 2. The lowest BCUT2D eigenvalue weighted by Crippen LogP contribution is -2.35. The standard InChI is InChI=1S/C22H24F2N6O2/c1-14-7-15(9-17(8-14)27-22-25-5-4-19(28-22)21(23)24)16-10-26-30(11-16)13-18(31)12-29-6-2-3-20(29)32/h4-5,7-11,18,21,31H,2-3,6,12-13H2,1H3,(H,25,27,28). The van der Waals surface area contributed by atoms with E-state index in [-0.39, 0.29) is 24.1 Å². The number of hydrogen-bond acceptors (Lipinski definition) is 6. The van der Waals surface area contributed by atoms with Crippen LogP contribution in [0.2, 0.25) is 0 Å². The number of rotatable bonds is 8. The Hall–Kier alpha value is -3.40. The van der Waals surface area contributed by atoms with Gasteiger partial charge in [0.25, 0.3) is 6.43 Å². The Morgan fingerprint density at radius 1 is 1.22 bits per heavy atom. The van der Waals surface area contributed by atoms with Gasteiger partial charge in [-0.1, -0.05) is 6.07 Å². The number of aromatic nitrogens is 4. The predicted octanol–water partition coefficient (Wildman–Crippen LogP) is 3.31. The van der Waals surface area contributed by atoms with E-state index in [1.54, 1.807) is 15.8 Å². The first kappa shape index (κ1) is 21.8. The maximum atomic E-state index is 12.9. The molecule has 1 aliphatic heterocycles. The summed E-state index contributed by atoms with van der Waals surface area (Å²) in [7, 11) is 0. The van der Waals surface area contributed by atoms with Crippen LogP contribution in [0, 0.1) is 6.92 Å². The molecule has 2 aromatic heterocycles. The maximum Gasteiger partial charge on any atom is 0.280 e. The first-order valence-electron chi connectivity index (χ1n) is 10.4. The van der Waals surface area contributed by atoms with Gasteiger partial charge in [-0.05, 0) is 42.7 Å². The van der Waals surface area contributed by atoms with E-state index in [2.05, 4.69) is 20.4 Å². The SMILES string of the molecule is Cc1cc(Nc2nccc(C(F)F)n2)cc(-c2cnn(CC(O)CN3CCCC3=O)c2)c1. The monoisotopic (exact) mass is 442 g/mol. The molecule has 1 aromatic carbocycles. The second-order valence-corrected chi connectivity index (χ2v) is 7.87. The van der Waals surface area contributed by atoms with Crippen molar-refractivity contribution in [1.29, 1.82) is 0 Å². The van der Waals surface area contributed by atoms with Crippen LogP contribution in [-0.4, -0.2) is 54.9 Å². The van der Waals surface area contributed by atoms with Crippen LogP contribution in [0.1, 0.15) is 30.5 Å². The number of amides is 1. The van der Waals surface area contributed by atoms with Gasteiger partial charge in [0.1, 0.15) is 5.69 Å². The third kappa shape index (κ3) is 5.25. The van der Waals surface area contributed by atoms with Crippen molar-refractivity contribution < 1.29 is 18.7 Å². The molecule has 1 amide bonds. The summed E-state index contributed by atoms with van der Waals surface area (Å²) >= 11 is 0. The molecule has 8 nitrogen and oxygen atoms in total. The van der Waals surface area contributed by atoms with Crippen LogP contribution >= 0.6 is 0 Å². The van der Waals surface area contributed by atoms with Gasteiger partial charge in [0, 0.05) is 43.2 Å². The number of β-amino-alcohol motifs (C(OH)–C–C–N with tert-alkyl or cyclic N) is 1. The molecule has 0 bridgehead atoms. The molecule has 1 aliphatic rings. The highest BCUT2D eigenvalue weighted by Gasteiger charge is 2.22. The van der Waals surface area contributed by atoms with Crippen LogP contribution in [0.25, 0.3) is 11.1 Å². The number of carbonyl (C=O) groups is 1. The third-order valence-electron chi connectivity index (χ3n) is 5.20. The van der Waals surface area contributed by atoms with E-state index in [9.17, 15) is 18.7 Å². The Morgan fingerprint density at radius 2 is 2.06 bits per heavy atom. The van der Waals surface area contributed by atoms with Gasteiger partial charge in [-0.3, -0.25) is 9.48 Å². The van der Waals surface area contributed by atoms with Gasteiger partial charge in [0.05, 0.1) is 18.8 Å². The van der Waals surface area contributed by atoms with E-state index in [0.29, 0.717) is 25.2 Å². The lowest BCUT2D eigenvalue weighted by atomic mass is 10.1. The minimum absolute atomic E-state index is 0.0769. The van der Waals surface area contributed by atoms with Crippen LogP contribution in [0.4, 0.5) is 20.4 Å². The molecule has 0 radical (unpaired) electrons. The average Bonchev–Trinajstić information content (AvgIpc) is 3.37. The zero-order valence-corrected chi connectivity index (χ0v) is 17.6. The Labute approximate surface area is 183 Å². The molecule has 10 heteroatoms.